The zero-order chi connectivity index (χ0) is 10.6. The number of rotatable bonds is 2. The minimum atomic E-state index is -0.614. The molecule has 0 spiro atoms. The summed E-state index contributed by atoms with van der Waals surface area (Å²) < 4.78 is 12.8. The van der Waals surface area contributed by atoms with Crippen LogP contribution in [0.1, 0.15) is 5.56 Å². The van der Waals surface area contributed by atoms with E-state index in [-0.39, 0.29) is 11.4 Å². The van der Waals surface area contributed by atoms with E-state index in [4.69, 9.17) is 16.9 Å². The van der Waals surface area contributed by atoms with Crippen LogP contribution in [0.4, 0.5) is 10.1 Å². The second kappa shape index (κ2) is 4.58. The van der Waals surface area contributed by atoms with Gasteiger partial charge in [-0.2, -0.15) is 5.26 Å². The standard InChI is InChI=1S/C9H6ClFN2O/c10-4-9(14)13-7-1-2-8(11)6(3-7)5-12/h1-3H,4H2,(H,13,14). The molecule has 0 radical (unpaired) electrons. The van der Waals surface area contributed by atoms with Crippen molar-refractivity contribution in [2.24, 2.45) is 0 Å². The highest BCUT2D eigenvalue weighted by Crippen LogP contribution is 2.13. The van der Waals surface area contributed by atoms with Gasteiger partial charge >= 0.3 is 0 Å². The van der Waals surface area contributed by atoms with Gasteiger partial charge < -0.3 is 5.32 Å². The zero-order valence-corrected chi connectivity index (χ0v) is 7.81. The first-order valence-electron chi connectivity index (χ1n) is 3.73. The Labute approximate surface area is 85.1 Å². The molecule has 0 aliphatic carbocycles. The topological polar surface area (TPSA) is 52.9 Å². The summed E-state index contributed by atoms with van der Waals surface area (Å²) in [6, 6.07) is 5.39. The van der Waals surface area contributed by atoms with Gasteiger partial charge in [0.15, 0.2) is 0 Å². The summed E-state index contributed by atoms with van der Waals surface area (Å²) in [7, 11) is 0. The van der Waals surface area contributed by atoms with Gasteiger partial charge in [-0.05, 0) is 18.2 Å². The van der Waals surface area contributed by atoms with Crippen LogP contribution in [0.3, 0.4) is 0 Å². The van der Waals surface area contributed by atoms with Crippen molar-refractivity contribution >= 4 is 23.2 Å². The van der Waals surface area contributed by atoms with Crippen molar-refractivity contribution < 1.29 is 9.18 Å². The van der Waals surface area contributed by atoms with Crippen molar-refractivity contribution in [1.82, 2.24) is 0 Å². The normalized spacial score (nSPS) is 9.21. The van der Waals surface area contributed by atoms with Crippen molar-refractivity contribution in [3.05, 3.63) is 29.6 Å². The first kappa shape index (κ1) is 10.5. The van der Waals surface area contributed by atoms with Gasteiger partial charge in [0, 0.05) is 5.69 Å². The van der Waals surface area contributed by atoms with Crippen LogP contribution in [0, 0.1) is 17.1 Å². The predicted octanol–water partition coefficient (Wildman–Crippen LogP) is 1.87. The van der Waals surface area contributed by atoms with E-state index in [2.05, 4.69) is 5.32 Å². The fourth-order valence-electron chi connectivity index (χ4n) is 0.883. The third kappa shape index (κ3) is 2.44. The average Bonchev–Trinajstić information content (AvgIpc) is 2.20. The van der Waals surface area contributed by atoms with Crippen LogP contribution >= 0.6 is 11.6 Å². The fraction of sp³-hybridized carbons (Fsp3) is 0.111. The van der Waals surface area contributed by atoms with E-state index >= 15 is 0 Å². The molecule has 0 saturated carbocycles. The van der Waals surface area contributed by atoms with Crippen LogP contribution in [0.15, 0.2) is 18.2 Å². The van der Waals surface area contributed by atoms with Gasteiger partial charge in [-0.1, -0.05) is 0 Å². The third-order valence-electron chi connectivity index (χ3n) is 1.49. The minimum Gasteiger partial charge on any atom is -0.325 e. The van der Waals surface area contributed by atoms with E-state index in [9.17, 15) is 9.18 Å². The molecule has 0 fully saturated rings. The molecule has 0 aliphatic heterocycles. The smallest absolute Gasteiger partial charge is 0.239 e. The van der Waals surface area contributed by atoms with Crippen LogP contribution in [-0.2, 0) is 4.79 Å². The van der Waals surface area contributed by atoms with E-state index < -0.39 is 11.7 Å². The van der Waals surface area contributed by atoms with Gasteiger partial charge in [0.1, 0.15) is 17.8 Å². The lowest BCUT2D eigenvalue weighted by Crippen LogP contribution is -2.12. The molecule has 72 valence electrons. The van der Waals surface area contributed by atoms with Crippen molar-refractivity contribution in [2.45, 2.75) is 0 Å². The summed E-state index contributed by atoms with van der Waals surface area (Å²) >= 11 is 5.26. The van der Waals surface area contributed by atoms with E-state index in [0.717, 1.165) is 6.07 Å². The maximum absolute atomic E-state index is 12.8. The number of nitrogens with one attached hydrogen (secondary N) is 1. The Bertz CT molecular complexity index is 400. The number of carbonyl (C=O) groups is 1. The monoisotopic (exact) mass is 212 g/mol. The van der Waals surface area contributed by atoms with Crippen LogP contribution in [0.2, 0.25) is 0 Å². The Morgan fingerprint density at radius 3 is 2.93 bits per heavy atom. The van der Waals surface area contributed by atoms with E-state index in [0.29, 0.717) is 5.69 Å². The van der Waals surface area contributed by atoms with Gasteiger partial charge in [-0.25, -0.2) is 4.39 Å². The second-order valence-electron chi connectivity index (χ2n) is 2.49. The Hall–Kier alpha value is -1.60. The Morgan fingerprint density at radius 1 is 1.64 bits per heavy atom. The number of benzene rings is 1. The summed E-state index contributed by atoms with van der Waals surface area (Å²) in [6.45, 7) is 0. The van der Waals surface area contributed by atoms with Crippen molar-refractivity contribution in [3.8, 4) is 6.07 Å². The highest BCUT2D eigenvalue weighted by atomic mass is 35.5. The molecule has 1 N–H and O–H groups in total. The number of hydrogen-bond donors (Lipinski definition) is 1. The maximum atomic E-state index is 12.8. The molecule has 0 unspecified atom stereocenters. The Kier molecular flexibility index (Phi) is 3.43. The van der Waals surface area contributed by atoms with Crippen LogP contribution in [0.25, 0.3) is 0 Å². The molecule has 5 heteroatoms. The van der Waals surface area contributed by atoms with Gasteiger partial charge in [0.05, 0.1) is 5.56 Å². The molecule has 0 bridgehead atoms. The largest absolute Gasteiger partial charge is 0.325 e. The molecule has 1 aromatic carbocycles. The van der Waals surface area contributed by atoms with E-state index in [1.165, 1.54) is 12.1 Å². The number of nitrogens with zero attached hydrogens (tertiary/aromatic N) is 1. The van der Waals surface area contributed by atoms with E-state index in [1.54, 1.807) is 6.07 Å². The first-order chi connectivity index (χ1) is 6.67. The summed E-state index contributed by atoms with van der Waals surface area (Å²) in [5.41, 5.74) is 0.242. The second-order valence-corrected chi connectivity index (χ2v) is 2.76. The number of halogens is 2. The van der Waals surface area contributed by atoms with Crippen LogP contribution < -0.4 is 5.32 Å². The molecule has 1 amide bonds. The van der Waals surface area contributed by atoms with Crippen molar-refractivity contribution in [2.75, 3.05) is 11.2 Å². The zero-order valence-electron chi connectivity index (χ0n) is 7.05. The van der Waals surface area contributed by atoms with Crippen LogP contribution in [0.5, 0.6) is 0 Å². The van der Waals surface area contributed by atoms with Gasteiger partial charge in [0.2, 0.25) is 5.91 Å². The molecule has 0 aliphatic rings. The number of anilines is 1. The fourth-order valence-corrected chi connectivity index (χ4v) is 0.950. The Balaban J connectivity index is 2.91. The number of hydrogen-bond acceptors (Lipinski definition) is 2. The molecule has 0 heterocycles. The molecule has 0 atom stereocenters. The number of alkyl halides is 1. The molecular weight excluding hydrogens is 207 g/mol. The molecule has 1 aromatic rings. The first-order valence-corrected chi connectivity index (χ1v) is 4.26. The highest BCUT2D eigenvalue weighted by molar-refractivity contribution is 6.29. The predicted molar refractivity (Wildman–Crippen MR) is 50.5 cm³/mol. The van der Waals surface area contributed by atoms with E-state index in [1.807, 2.05) is 0 Å². The highest BCUT2D eigenvalue weighted by Gasteiger charge is 2.04. The van der Waals surface area contributed by atoms with Crippen LogP contribution in [-0.4, -0.2) is 11.8 Å². The minimum absolute atomic E-state index is 0.114. The van der Waals surface area contributed by atoms with Gasteiger partial charge in [0.25, 0.3) is 0 Å². The van der Waals surface area contributed by atoms with Gasteiger partial charge in [-0.3, -0.25) is 4.79 Å². The van der Waals surface area contributed by atoms with Gasteiger partial charge in [-0.15, -0.1) is 11.6 Å². The van der Waals surface area contributed by atoms with Crippen molar-refractivity contribution in [3.63, 3.8) is 0 Å². The van der Waals surface area contributed by atoms with Crippen molar-refractivity contribution in [1.29, 1.82) is 5.26 Å². The lowest BCUT2D eigenvalue weighted by atomic mass is 10.2. The third-order valence-corrected chi connectivity index (χ3v) is 1.73. The quantitative estimate of drug-likeness (QED) is 0.761. The molecule has 14 heavy (non-hydrogen) atoms. The molecule has 1 rings (SSSR count). The number of amides is 1. The Morgan fingerprint density at radius 2 is 2.36 bits per heavy atom. The summed E-state index contributed by atoms with van der Waals surface area (Å²) in [4.78, 5) is 10.8. The maximum Gasteiger partial charge on any atom is 0.239 e. The molecule has 0 aromatic heterocycles. The lowest BCUT2D eigenvalue weighted by Gasteiger charge is -2.02. The SMILES string of the molecule is N#Cc1cc(NC(=O)CCl)ccc1F. The number of carbonyl (C=O) groups excluding carboxylic acids is 1. The summed E-state index contributed by atoms with van der Waals surface area (Å²) in [5.74, 6) is -1.20. The molecular formula is C9H6ClFN2O. The lowest BCUT2D eigenvalue weighted by molar-refractivity contribution is -0.113. The summed E-state index contributed by atoms with van der Waals surface area (Å²) in [5, 5.41) is 10.9. The average molecular weight is 213 g/mol. The molecule has 0 saturated heterocycles. The molecule has 3 nitrogen and oxygen atoms in total. The number of nitriles is 1. The summed E-state index contributed by atoms with van der Waals surface area (Å²) in [6.07, 6.45) is 0.